The molecule has 0 atom stereocenters. The second kappa shape index (κ2) is 11.5. The Morgan fingerprint density at radius 2 is 2.00 bits per heavy atom. The molecule has 2 amide bonds. The molecule has 8 nitrogen and oxygen atoms in total. The number of pyridine rings is 2. The predicted molar refractivity (Wildman–Crippen MR) is 97.6 cm³/mol. The van der Waals surface area contributed by atoms with E-state index in [1.165, 1.54) is 19.4 Å². The Morgan fingerprint density at radius 3 is 2.59 bits per heavy atom. The lowest BCUT2D eigenvalue weighted by Crippen LogP contribution is -2.23. The Morgan fingerprint density at radius 1 is 1.31 bits per heavy atom. The van der Waals surface area contributed by atoms with Crippen LogP contribution in [0.5, 0.6) is 11.8 Å². The number of ether oxygens (including phenoxy) is 2. The summed E-state index contributed by atoms with van der Waals surface area (Å²) in [5, 5.41) is 2.66. The van der Waals surface area contributed by atoms with Gasteiger partial charge in [0.1, 0.15) is 5.69 Å². The summed E-state index contributed by atoms with van der Waals surface area (Å²) >= 11 is 0. The van der Waals surface area contributed by atoms with E-state index in [0.717, 1.165) is 5.56 Å². The maximum Gasteiger partial charge on any atom is 0.422 e. The van der Waals surface area contributed by atoms with Crippen molar-refractivity contribution < 1.29 is 32.2 Å². The first-order chi connectivity index (χ1) is 13.7. The van der Waals surface area contributed by atoms with Gasteiger partial charge in [0.15, 0.2) is 6.61 Å². The number of carbonyl (C=O) groups is 2. The Labute approximate surface area is 165 Å². The number of nitrogens with two attached hydrogens (primary N) is 1. The smallest absolute Gasteiger partial charge is 0.422 e. The monoisotopic (exact) mass is 414 g/mol. The predicted octanol–water partition coefficient (Wildman–Crippen LogP) is 1.87. The average molecular weight is 414 g/mol. The second-order valence-electron chi connectivity index (χ2n) is 5.44. The molecular formula is C18H21F3N4O4. The summed E-state index contributed by atoms with van der Waals surface area (Å²) in [5.74, 6) is -0.308. The summed E-state index contributed by atoms with van der Waals surface area (Å²) in [5.41, 5.74) is 5.87. The van der Waals surface area contributed by atoms with Gasteiger partial charge in [0, 0.05) is 30.8 Å². The van der Waals surface area contributed by atoms with Gasteiger partial charge in [0.2, 0.25) is 18.2 Å². The molecule has 0 fully saturated rings. The number of aromatic nitrogens is 2. The number of hydrogen-bond acceptors (Lipinski definition) is 6. The van der Waals surface area contributed by atoms with Crippen molar-refractivity contribution in [2.75, 3.05) is 20.3 Å². The van der Waals surface area contributed by atoms with Gasteiger partial charge >= 0.3 is 6.18 Å². The van der Waals surface area contributed by atoms with Gasteiger partial charge in [-0.15, -0.1) is 0 Å². The molecule has 0 spiro atoms. The molecule has 0 saturated heterocycles. The Kier molecular flexibility index (Phi) is 9.36. The first-order valence-corrected chi connectivity index (χ1v) is 8.36. The van der Waals surface area contributed by atoms with Gasteiger partial charge in [0.25, 0.3) is 5.91 Å². The molecule has 0 bridgehead atoms. The van der Waals surface area contributed by atoms with Crippen LogP contribution in [0.3, 0.4) is 0 Å². The molecule has 0 radical (unpaired) electrons. The third-order valence-corrected chi connectivity index (χ3v) is 3.28. The van der Waals surface area contributed by atoms with Crippen LogP contribution >= 0.6 is 0 Å². The molecule has 0 aliphatic rings. The Hall–Kier alpha value is -3.37. The zero-order valence-corrected chi connectivity index (χ0v) is 15.8. The molecular weight excluding hydrogens is 393 g/mol. The number of methoxy groups -OCH3 is 1. The highest BCUT2D eigenvalue weighted by molar-refractivity contribution is 5.92. The van der Waals surface area contributed by atoms with E-state index in [1.807, 2.05) is 0 Å². The van der Waals surface area contributed by atoms with Gasteiger partial charge in [0.05, 0.1) is 7.11 Å². The first-order valence-electron chi connectivity index (χ1n) is 8.36. The van der Waals surface area contributed by atoms with Crippen LogP contribution in [0.25, 0.3) is 0 Å². The molecule has 2 heterocycles. The Balaban J connectivity index is 0.00000132. The number of nitrogens with zero attached hydrogens (tertiary/aromatic N) is 2. The number of primary amides is 1. The summed E-state index contributed by atoms with van der Waals surface area (Å²) in [6.45, 7) is 0.866. The molecule has 11 heteroatoms. The highest BCUT2D eigenvalue weighted by atomic mass is 19.4. The summed E-state index contributed by atoms with van der Waals surface area (Å²) in [7, 11) is 1.37. The molecule has 3 N–H and O–H groups in total. The van der Waals surface area contributed by atoms with E-state index in [2.05, 4.69) is 25.8 Å². The molecule has 0 aliphatic heterocycles. The molecule has 2 rings (SSSR count). The van der Waals surface area contributed by atoms with Crippen LogP contribution in [0.2, 0.25) is 0 Å². The molecule has 0 aliphatic carbocycles. The van der Waals surface area contributed by atoms with Crippen LogP contribution in [0.15, 0.2) is 30.5 Å². The number of hydrogen-bond donors (Lipinski definition) is 2. The van der Waals surface area contributed by atoms with Crippen LogP contribution < -0.4 is 20.5 Å². The fourth-order valence-electron chi connectivity index (χ4n) is 2.18. The van der Waals surface area contributed by atoms with Crippen molar-refractivity contribution in [2.24, 2.45) is 5.73 Å². The van der Waals surface area contributed by atoms with Crippen molar-refractivity contribution >= 4 is 12.3 Å². The van der Waals surface area contributed by atoms with Crippen molar-refractivity contribution in [1.82, 2.24) is 15.3 Å². The van der Waals surface area contributed by atoms with E-state index in [4.69, 9.17) is 9.53 Å². The van der Waals surface area contributed by atoms with Gasteiger partial charge in [-0.1, -0.05) is 0 Å². The average Bonchev–Trinajstić information content (AvgIpc) is 2.67. The fraction of sp³-hybridized carbons (Fsp3) is 0.333. The SMILES string of the molecule is CCNC(=O)c1cc(Cc2ccc(OCC(F)(F)F)nc2OC)ccn1.NC=O. The van der Waals surface area contributed by atoms with E-state index < -0.39 is 12.8 Å². The van der Waals surface area contributed by atoms with Crippen LogP contribution in [-0.2, 0) is 11.2 Å². The van der Waals surface area contributed by atoms with Gasteiger partial charge < -0.3 is 20.5 Å². The minimum absolute atomic E-state index is 0.154. The minimum Gasteiger partial charge on any atom is -0.481 e. The van der Waals surface area contributed by atoms with Crippen molar-refractivity contribution in [1.29, 1.82) is 0 Å². The largest absolute Gasteiger partial charge is 0.481 e. The fourth-order valence-corrected chi connectivity index (χ4v) is 2.18. The molecule has 2 aromatic rings. The van der Waals surface area contributed by atoms with Crippen molar-refractivity contribution in [3.63, 3.8) is 0 Å². The minimum atomic E-state index is -4.44. The van der Waals surface area contributed by atoms with E-state index in [1.54, 1.807) is 25.1 Å². The zero-order valence-electron chi connectivity index (χ0n) is 15.8. The molecule has 2 aromatic heterocycles. The van der Waals surface area contributed by atoms with E-state index >= 15 is 0 Å². The van der Waals surface area contributed by atoms with Gasteiger partial charge in [-0.05, 0) is 30.7 Å². The maximum absolute atomic E-state index is 12.2. The van der Waals surface area contributed by atoms with E-state index in [-0.39, 0.29) is 29.8 Å². The normalized spacial score (nSPS) is 10.4. The third kappa shape index (κ3) is 8.45. The number of amides is 2. The van der Waals surface area contributed by atoms with Crippen molar-refractivity contribution in [3.05, 3.63) is 47.3 Å². The van der Waals surface area contributed by atoms with Gasteiger partial charge in [-0.3, -0.25) is 14.6 Å². The highest BCUT2D eigenvalue weighted by Gasteiger charge is 2.28. The number of alkyl halides is 3. The number of nitrogens with one attached hydrogen (secondary N) is 1. The molecule has 0 aromatic carbocycles. The summed E-state index contributed by atoms with van der Waals surface area (Å²) in [4.78, 5) is 28.4. The van der Waals surface area contributed by atoms with Crippen LogP contribution in [0, 0.1) is 0 Å². The van der Waals surface area contributed by atoms with Crippen molar-refractivity contribution in [2.45, 2.75) is 19.5 Å². The van der Waals surface area contributed by atoms with Crippen LogP contribution in [-0.4, -0.2) is 48.7 Å². The summed E-state index contributed by atoms with van der Waals surface area (Å²) in [6.07, 6.45) is -2.31. The second-order valence-corrected chi connectivity index (χ2v) is 5.44. The highest BCUT2D eigenvalue weighted by Crippen LogP contribution is 2.24. The lowest BCUT2D eigenvalue weighted by Gasteiger charge is -2.12. The summed E-state index contributed by atoms with van der Waals surface area (Å²) in [6, 6.07) is 6.29. The zero-order chi connectivity index (χ0) is 21.9. The molecule has 158 valence electrons. The standard InChI is InChI=1S/C17H18F3N3O3.CH3NO/c1-3-21-15(24)13-9-11(6-7-22-13)8-12-4-5-14(23-16(12)25-2)26-10-17(18,19)20;2-1-3/h4-7,9H,3,8,10H2,1-2H3,(H,21,24);1H,(H2,2,3). The number of rotatable bonds is 7. The van der Waals surface area contributed by atoms with E-state index in [0.29, 0.717) is 18.5 Å². The van der Waals surface area contributed by atoms with Crippen LogP contribution in [0.4, 0.5) is 13.2 Å². The van der Waals surface area contributed by atoms with Crippen molar-refractivity contribution in [3.8, 4) is 11.8 Å². The molecule has 0 saturated carbocycles. The lowest BCUT2D eigenvalue weighted by atomic mass is 10.1. The first kappa shape index (κ1) is 23.7. The quantitative estimate of drug-likeness (QED) is 0.668. The van der Waals surface area contributed by atoms with Gasteiger partial charge in [-0.2, -0.15) is 18.2 Å². The number of halogens is 3. The topological polar surface area (TPSA) is 116 Å². The van der Waals surface area contributed by atoms with Gasteiger partial charge in [-0.25, -0.2) is 0 Å². The van der Waals surface area contributed by atoms with E-state index in [9.17, 15) is 18.0 Å². The third-order valence-electron chi connectivity index (χ3n) is 3.28. The maximum atomic E-state index is 12.2. The Bertz CT molecular complexity index is 816. The van der Waals surface area contributed by atoms with Crippen LogP contribution in [0.1, 0.15) is 28.5 Å². The molecule has 29 heavy (non-hydrogen) atoms. The summed E-state index contributed by atoms with van der Waals surface area (Å²) < 4.78 is 46.4. The lowest BCUT2D eigenvalue weighted by molar-refractivity contribution is -0.154. The molecule has 0 unspecified atom stereocenters. The number of carbonyl (C=O) groups excluding carboxylic acids is 2.